The van der Waals surface area contributed by atoms with Gasteiger partial charge in [0.15, 0.2) is 5.78 Å². The molecule has 1 atom stereocenters. The van der Waals surface area contributed by atoms with Crippen molar-refractivity contribution >= 4 is 5.78 Å². The van der Waals surface area contributed by atoms with Gasteiger partial charge < -0.3 is 4.74 Å². The van der Waals surface area contributed by atoms with Gasteiger partial charge in [-0.05, 0) is 20.8 Å². The minimum absolute atomic E-state index is 0.111. The summed E-state index contributed by atoms with van der Waals surface area (Å²) in [6.45, 7) is 7.70. The highest BCUT2D eigenvalue weighted by atomic mass is 16.5. The summed E-state index contributed by atoms with van der Waals surface area (Å²) in [5.74, 6) is -0.0718. The van der Waals surface area contributed by atoms with Crippen molar-refractivity contribution in [1.29, 1.82) is 0 Å². The summed E-state index contributed by atoms with van der Waals surface area (Å²) < 4.78 is 5.15. The molecule has 9 heavy (non-hydrogen) atoms. The average molecular weight is 127 g/mol. The first-order valence-electron chi connectivity index (χ1n) is 3.04. The molecule has 2 nitrogen and oxygen atoms in total. The van der Waals surface area contributed by atoms with Crippen LogP contribution < -0.4 is 0 Å². The number of Topliss-reactive ketones (excluding diaryl/α,β-unsaturated/α-hetero) is 1. The highest BCUT2D eigenvalue weighted by molar-refractivity contribution is 5.85. The lowest BCUT2D eigenvalue weighted by Crippen LogP contribution is -2.27. The van der Waals surface area contributed by atoms with Crippen LogP contribution in [0.3, 0.4) is 0 Å². The smallest absolute Gasteiger partial charge is 0.164 e. The molecule has 0 aliphatic carbocycles. The maximum atomic E-state index is 10.8. The molecule has 1 radical (unpaired) electrons. The Hall–Kier alpha value is -0.370. The Morgan fingerprint density at radius 1 is 1.78 bits per heavy atom. The second-order valence-corrected chi connectivity index (χ2v) is 2.91. The molecular weight excluding hydrogens is 116 g/mol. The van der Waals surface area contributed by atoms with Crippen molar-refractivity contribution in [2.24, 2.45) is 5.92 Å². The first kappa shape index (κ1) is 6.75. The normalized spacial score (nSPS) is 33.2. The first-order chi connectivity index (χ1) is 4.04. The van der Waals surface area contributed by atoms with Gasteiger partial charge in [0, 0.05) is 5.92 Å². The van der Waals surface area contributed by atoms with Crippen molar-refractivity contribution in [3.05, 3.63) is 6.92 Å². The van der Waals surface area contributed by atoms with E-state index in [9.17, 15) is 4.79 Å². The third-order valence-electron chi connectivity index (χ3n) is 1.81. The van der Waals surface area contributed by atoms with Crippen LogP contribution in [0.25, 0.3) is 0 Å². The number of ketones is 1. The monoisotopic (exact) mass is 127 g/mol. The summed E-state index contributed by atoms with van der Waals surface area (Å²) in [4.78, 5) is 10.8. The van der Waals surface area contributed by atoms with E-state index in [-0.39, 0.29) is 23.9 Å². The summed E-state index contributed by atoms with van der Waals surface area (Å²) in [5, 5.41) is 0. The Kier molecular flexibility index (Phi) is 1.35. The number of rotatable bonds is 0. The van der Waals surface area contributed by atoms with Crippen molar-refractivity contribution in [1.82, 2.24) is 0 Å². The zero-order chi connectivity index (χ0) is 7.07. The van der Waals surface area contributed by atoms with E-state index in [1.54, 1.807) is 0 Å². The zero-order valence-electron chi connectivity index (χ0n) is 5.81. The molecule has 1 fully saturated rings. The van der Waals surface area contributed by atoms with Crippen LogP contribution in [-0.2, 0) is 9.53 Å². The van der Waals surface area contributed by atoms with Gasteiger partial charge in [-0.25, -0.2) is 0 Å². The molecule has 0 aromatic heterocycles. The second-order valence-electron chi connectivity index (χ2n) is 2.91. The van der Waals surface area contributed by atoms with Crippen molar-refractivity contribution in [2.45, 2.75) is 19.4 Å². The van der Waals surface area contributed by atoms with E-state index < -0.39 is 0 Å². The molecule has 0 aromatic rings. The third kappa shape index (κ3) is 0.990. The van der Waals surface area contributed by atoms with Gasteiger partial charge >= 0.3 is 0 Å². The standard InChI is InChI=1S/C7H11O2/c1-5-6(8)4-9-7(5,2)3/h5H,1,4H2,2-3H3. The van der Waals surface area contributed by atoms with Gasteiger partial charge in [-0.3, -0.25) is 4.79 Å². The minimum atomic E-state index is -0.336. The fraction of sp³-hybridized carbons (Fsp3) is 0.714. The SMILES string of the molecule is [CH2]C1C(=O)COC1(C)C. The van der Waals surface area contributed by atoms with Crippen LogP contribution in [0.2, 0.25) is 0 Å². The average Bonchev–Trinajstić information content (AvgIpc) is 1.97. The summed E-state index contributed by atoms with van der Waals surface area (Å²) >= 11 is 0. The zero-order valence-corrected chi connectivity index (χ0v) is 5.81. The molecule has 1 rings (SSSR count). The summed E-state index contributed by atoms with van der Waals surface area (Å²) in [6, 6.07) is 0. The third-order valence-corrected chi connectivity index (χ3v) is 1.81. The molecule has 1 heterocycles. The van der Waals surface area contributed by atoms with E-state index in [0.29, 0.717) is 0 Å². The molecule has 0 saturated carbocycles. The topological polar surface area (TPSA) is 26.3 Å². The number of hydrogen-bond acceptors (Lipinski definition) is 2. The molecule has 0 spiro atoms. The van der Waals surface area contributed by atoms with Crippen LogP contribution in [0.5, 0.6) is 0 Å². The lowest BCUT2D eigenvalue weighted by atomic mass is 9.92. The van der Waals surface area contributed by atoms with Crippen molar-refractivity contribution < 1.29 is 9.53 Å². The number of ether oxygens (including phenoxy) is 1. The number of carbonyl (C=O) groups is 1. The summed E-state index contributed by atoms with van der Waals surface area (Å²) in [6.07, 6.45) is 0. The Labute approximate surface area is 55.2 Å². The van der Waals surface area contributed by atoms with E-state index in [1.807, 2.05) is 13.8 Å². The van der Waals surface area contributed by atoms with Crippen LogP contribution in [-0.4, -0.2) is 18.0 Å². The molecule has 1 aliphatic heterocycles. The van der Waals surface area contributed by atoms with Crippen LogP contribution in [0.1, 0.15) is 13.8 Å². The molecule has 1 aliphatic rings. The highest BCUT2D eigenvalue weighted by Gasteiger charge is 2.38. The Bertz CT molecular complexity index is 138. The molecule has 0 N–H and O–H groups in total. The van der Waals surface area contributed by atoms with Crippen molar-refractivity contribution in [3.8, 4) is 0 Å². The van der Waals surface area contributed by atoms with Crippen LogP contribution in [0.4, 0.5) is 0 Å². The maximum Gasteiger partial charge on any atom is 0.164 e. The summed E-state index contributed by atoms with van der Waals surface area (Å²) in [5.41, 5.74) is -0.336. The number of carbonyl (C=O) groups excluding carboxylic acids is 1. The van der Waals surface area contributed by atoms with Gasteiger partial charge in [0.25, 0.3) is 0 Å². The fourth-order valence-corrected chi connectivity index (χ4v) is 0.846. The van der Waals surface area contributed by atoms with Gasteiger partial charge in [0.05, 0.1) is 5.60 Å². The largest absolute Gasteiger partial charge is 0.367 e. The molecule has 51 valence electrons. The molecule has 0 aromatic carbocycles. The molecule has 0 amide bonds. The van der Waals surface area contributed by atoms with E-state index in [4.69, 9.17) is 4.74 Å². The fourth-order valence-electron chi connectivity index (χ4n) is 0.846. The van der Waals surface area contributed by atoms with Gasteiger partial charge in [-0.2, -0.15) is 0 Å². The van der Waals surface area contributed by atoms with E-state index in [0.717, 1.165) is 0 Å². The Morgan fingerprint density at radius 2 is 2.33 bits per heavy atom. The molecule has 1 unspecified atom stereocenters. The highest BCUT2D eigenvalue weighted by Crippen LogP contribution is 2.27. The van der Waals surface area contributed by atoms with Gasteiger partial charge in [0.1, 0.15) is 6.61 Å². The van der Waals surface area contributed by atoms with Crippen LogP contribution in [0, 0.1) is 12.8 Å². The van der Waals surface area contributed by atoms with Crippen molar-refractivity contribution in [2.75, 3.05) is 6.61 Å². The summed E-state index contributed by atoms with van der Waals surface area (Å²) in [7, 11) is 0. The molecule has 1 saturated heterocycles. The van der Waals surface area contributed by atoms with E-state index in [2.05, 4.69) is 6.92 Å². The Morgan fingerprint density at radius 3 is 2.44 bits per heavy atom. The van der Waals surface area contributed by atoms with E-state index in [1.165, 1.54) is 0 Å². The van der Waals surface area contributed by atoms with Gasteiger partial charge in [0.2, 0.25) is 0 Å². The van der Waals surface area contributed by atoms with Gasteiger partial charge in [-0.15, -0.1) is 0 Å². The Balaban J connectivity index is 2.73. The van der Waals surface area contributed by atoms with Crippen LogP contribution >= 0.6 is 0 Å². The second kappa shape index (κ2) is 1.81. The first-order valence-corrected chi connectivity index (χ1v) is 3.04. The predicted molar refractivity (Wildman–Crippen MR) is 33.9 cm³/mol. The predicted octanol–water partition coefficient (Wildman–Crippen LogP) is 0.815. The quantitative estimate of drug-likeness (QED) is 0.481. The minimum Gasteiger partial charge on any atom is -0.367 e. The van der Waals surface area contributed by atoms with Crippen molar-refractivity contribution in [3.63, 3.8) is 0 Å². The molecular formula is C7H11O2. The van der Waals surface area contributed by atoms with Gasteiger partial charge in [-0.1, -0.05) is 0 Å². The van der Waals surface area contributed by atoms with E-state index >= 15 is 0 Å². The molecule has 0 bridgehead atoms. The number of hydrogen-bond donors (Lipinski definition) is 0. The maximum absolute atomic E-state index is 10.8. The van der Waals surface area contributed by atoms with Crippen LogP contribution in [0.15, 0.2) is 0 Å². The lowest BCUT2D eigenvalue weighted by molar-refractivity contribution is -0.119. The molecule has 2 heteroatoms. The lowest BCUT2D eigenvalue weighted by Gasteiger charge is -2.19.